The van der Waals surface area contributed by atoms with Gasteiger partial charge in [0.15, 0.2) is 5.60 Å². The van der Waals surface area contributed by atoms with E-state index in [4.69, 9.17) is 20.4 Å². The molecule has 0 unspecified atom stereocenters. The number of aryl methyl sites for hydroxylation is 1. The highest BCUT2D eigenvalue weighted by Crippen LogP contribution is 2.15. The lowest BCUT2D eigenvalue weighted by Crippen LogP contribution is -2.42. The van der Waals surface area contributed by atoms with Gasteiger partial charge in [-0.1, -0.05) is 43.7 Å². The zero-order chi connectivity index (χ0) is 17.2. The summed E-state index contributed by atoms with van der Waals surface area (Å²) in [6, 6.07) is 10.6. The van der Waals surface area contributed by atoms with E-state index >= 15 is 0 Å². The lowest BCUT2D eigenvalue weighted by atomic mass is 9.96. The molecule has 0 radical (unpaired) electrons. The normalized spacial score (nSPS) is 10.3. The standard InChI is InChI=1S/C9H12.C6H8O7/c1-2-6-9-7-4-3-5-8-9;7-3(8)1-6(13,5(11)12)2-4(9)10/h3-5,7-8H,2,6H2,1H3;13H,1-2H2,(H,7,8)(H,9,10)(H,11,12). The molecule has 0 saturated carbocycles. The summed E-state index contributed by atoms with van der Waals surface area (Å²) in [6.07, 6.45) is 0.161. The van der Waals surface area contributed by atoms with Crippen molar-refractivity contribution in [2.45, 2.75) is 38.2 Å². The Bertz CT molecular complexity index is 480. The third-order valence-electron chi connectivity index (χ3n) is 2.67. The van der Waals surface area contributed by atoms with Crippen LogP contribution >= 0.6 is 0 Å². The summed E-state index contributed by atoms with van der Waals surface area (Å²) < 4.78 is 0. The van der Waals surface area contributed by atoms with Crippen molar-refractivity contribution in [2.24, 2.45) is 0 Å². The molecule has 1 aromatic carbocycles. The molecule has 1 rings (SSSR count). The zero-order valence-corrected chi connectivity index (χ0v) is 12.2. The average molecular weight is 312 g/mol. The summed E-state index contributed by atoms with van der Waals surface area (Å²) in [6.45, 7) is 2.20. The Morgan fingerprint density at radius 1 is 0.955 bits per heavy atom. The van der Waals surface area contributed by atoms with Gasteiger partial charge in [-0.05, 0) is 12.0 Å². The van der Waals surface area contributed by atoms with E-state index in [1.54, 1.807) is 0 Å². The Morgan fingerprint density at radius 3 is 1.73 bits per heavy atom. The van der Waals surface area contributed by atoms with Crippen LogP contribution in [0.5, 0.6) is 0 Å². The van der Waals surface area contributed by atoms with Crippen LogP contribution in [0.3, 0.4) is 0 Å². The van der Waals surface area contributed by atoms with E-state index in [9.17, 15) is 14.4 Å². The summed E-state index contributed by atoms with van der Waals surface area (Å²) in [5, 5.41) is 33.8. The first-order valence-corrected chi connectivity index (χ1v) is 6.64. The minimum absolute atomic E-state index is 1.14. The number of carboxylic acid groups (broad SMARTS) is 3. The molecule has 122 valence electrons. The van der Waals surface area contributed by atoms with E-state index in [0.29, 0.717) is 0 Å². The molecule has 0 spiro atoms. The van der Waals surface area contributed by atoms with Crippen molar-refractivity contribution in [3.05, 3.63) is 35.9 Å². The molecule has 22 heavy (non-hydrogen) atoms. The highest BCUT2D eigenvalue weighted by Gasteiger charge is 2.40. The van der Waals surface area contributed by atoms with E-state index in [0.717, 1.165) is 0 Å². The van der Waals surface area contributed by atoms with Crippen molar-refractivity contribution in [1.29, 1.82) is 0 Å². The molecule has 0 aliphatic carbocycles. The molecule has 0 heterocycles. The summed E-state index contributed by atoms with van der Waals surface area (Å²) >= 11 is 0. The van der Waals surface area contributed by atoms with Gasteiger partial charge in [0.25, 0.3) is 0 Å². The van der Waals surface area contributed by atoms with Crippen LogP contribution in [0, 0.1) is 0 Å². The number of aliphatic carboxylic acids is 3. The minimum Gasteiger partial charge on any atom is -0.481 e. The van der Waals surface area contributed by atoms with Gasteiger partial charge in [0.2, 0.25) is 0 Å². The van der Waals surface area contributed by atoms with Gasteiger partial charge in [-0.25, -0.2) is 4.79 Å². The molecule has 0 aliphatic heterocycles. The number of hydrogen-bond donors (Lipinski definition) is 4. The lowest BCUT2D eigenvalue weighted by Gasteiger charge is -2.18. The first-order valence-electron chi connectivity index (χ1n) is 6.64. The quantitative estimate of drug-likeness (QED) is 0.598. The van der Waals surface area contributed by atoms with E-state index in [1.807, 2.05) is 0 Å². The van der Waals surface area contributed by atoms with Gasteiger partial charge in [-0.15, -0.1) is 0 Å². The van der Waals surface area contributed by atoms with Crippen LogP contribution in [0.1, 0.15) is 31.7 Å². The number of aliphatic hydroxyl groups is 1. The molecule has 0 aliphatic rings. The highest BCUT2D eigenvalue weighted by molar-refractivity contribution is 5.88. The lowest BCUT2D eigenvalue weighted by molar-refractivity contribution is -0.170. The molecule has 0 fully saturated rings. The Hall–Kier alpha value is -2.41. The van der Waals surface area contributed by atoms with E-state index in [-0.39, 0.29) is 0 Å². The Labute approximate surface area is 127 Å². The van der Waals surface area contributed by atoms with Gasteiger partial charge in [0.05, 0.1) is 12.8 Å². The summed E-state index contributed by atoms with van der Waals surface area (Å²) in [7, 11) is 0. The van der Waals surface area contributed by atoms with E-state index < -0.39 is 36.4 Å². The zero-order valence-electron chi connectivity index (χ0n) is 12.2. The predicted octanol–water partition coefficient (Wildman–Crippen LogP) is 1.39. The van der Waals surface area contributed by atoms with Crippen LogP contribution in [0.2, 0.25) is 0 Å². The topological polar surface area (TPSA) is 132 Å². The number of benzene rings is 1. The Balaban J connectivity index is 0.000000425. The second kappa shape index (κ2) is 9.51. The molecule has 0 bridgehead atoms. The Morgan fingerprint density at radius 2 is 1.41 bits per heavy atom. The molecule has 7 nitrogen and oxygen atoms in total. The molecular formula is C15H20O7. The predicted molar refractivity (Wildman–Crippen MR) is 77.5 cm³/mol. The molecule has 0 saturated heterocycles. The first-order chi connectivity index (χ1) is 10.2. The maximum Gasteiger partial charge on any atom is 0.336 e. The van der Waals surface area contributed by atoms with Crippen molar-refractivity contribution < 1.29 is 34.8 Å². The second-order valence-electron chi connectivity index (χ2n) is 4.71. The highest BCUT2D eigenvalue weighted by atomic mass is 16.4. The van der Waals surface area contributed by atoms with Crippen LogP contribution < -0.4 is 0 Å². The van der Waals surface area contributed by atoms with Crippen molar-refractivity contribution in [3.63, 3.8) is 0 Å². The number of carboxylic acids is 3. The number of hydrogen-bond acceptors (Lipinski definition) is 4. The SMILES string of the molecule is CCCc1ccccc1.O=C(O)CC(O)(CC(=O)O)C(=O)O. The van der Waals surface area contributed by atoms with Crippen molar-refractivity contribution in [1.82, 2.24) is 0 Å². The fraction of sp³-hybridized carbons (Fsp3) is 0.400. The minimum atomic E-state index is -2.74. The molecule has 0 amide bonds. The van der Waals surface area contributed by atoms with Crippen LogP contribution in [-0.4, -0.2) is 43.9 Å². The van der Waals surface area contributed by atoms with Gasteiger partial charge in [-0.3, -0.25) is 9.59 Å². The largest absolute Gasteiger partial charge is 0.481 e. The van der Waals surface area contributed by atoms with Crippen LogP contribution in [0.25, 0.3) is 0 Å². The average Bonchev–Trinajstić information content (AvgIpc) is 2.39. The van der Waals surface area contributed by atoms with E-state index in [1.165, 1.54) is 18.4 Å². The van der Waals surface area contributed by atoms with Crippen molar-refractivity contribution in [2.75, 3.05) is 0 Å². The van der Waals surface area contributed by atoms with Gasteiger partial charge >= 0.3 is 17.9 Å². The van der Waals surface area contributed by atoms with Crippen LogP contribution in [-0.2, 0) is 20.8 Å². The van der Waals surface area contributed by atoms with Gasteiger partial charge in [-0.2, -0.15) is 0 Å². The smallest absolute Gasteiger partial charge is 0.336 e. The van der Waals surface area contributed by atoms with Crippen LogP contribution in [0.15, 0.2) is 30.3 Å². The monoisotopic (exact) mass is 312 g/mol. The van der Waals surface area contributed by atoms with Crippen molar-refractivity contribution >= 4 is 17.9 Å². The first kappa shape index (κ1) is 19.6. The Kier molecular flexibility index (Phi) is 8.47. The summed E-state index contributed by atoms with van der Waals surface area (Å²) in [5.41, 5.74) is -1.29. The molecule has 0 atom stereocenters. The number of carbonyl (C=O) groups is 3. The van der Waals surface area contributed by atoms with Gasteiger partial charge in [0.1, 0.15) is 0 Å². The third kappa shape index (κ3) is 8.01. The maximum absolute atomic E-state index is 10.3. The third-order valence-corrected chi connectivity index (χ3v) is 2.67. The molecule has 1 aromatic rings. The van der Waals surface area contributed by atoms with Gasteiger partial charge < -0.3 is 20.4 Å². The maximum atomic E-state index is 10.3. The van der Waals surface area contributed by atoms with E-state index in [2.05, 4.69) is 37.3 Å². The number of rotatable bonds is 7. The fourth-order valence-electron chi connectivity index (χ4n) is 1.65. The molecule has 0 aromatic heterocycles. The fourth-order valence-corrected chi connectivity index (χ4v) is 1.65. The summed E-state index contributed by atoms with van der Waals surface area (Å²) in [5.74, 6) is -5.02. The molecule has 7 heteroatoms. The molecule has 4 N–H and O–H groups in total. The van der Waals surface area contributed by atoms with Crippen LogP contribution in [0.4, 0.5) is 0 Å². The second-order valence-corrected chi connectivity index (χ2v) is 4.71. The van der Waals surface area contributed by atoms with Gasteiger partial charge in [0, 0.05) is 0 Å². The molecular weight excluding hydrogens is 292 g/mol. The summed E-state index contributed by atoms with van der Waals surface area (Å²) in [4.78, 5) is 30.5. The van der Waals surface area contributed by atoms with Crippen molar-refractivity contribution in [3.8, 4) is 0 Å².